The molecule has 2 aromatic heterocycles. The number of benzene rings is 1. The lowest BCUT2D eigenvalue weighted by atomic mass is 10.1. The Bertz CT molecular complexity index is 1090. The minimum atomic E-state index is 0.139. The molecule has 4 rings (SSSR count). The fourth-order valence-corrected chi connectivity index (χ4v) is 3.92. The summed E-state index contributed by atoms with van der Waals surface area (Å²) in [5, 5.41) is 7.62. The molecule has 3 aromatic rings. The monoisotopic (exact) mass is 449 g/mol. The van der Waals surface area contributed by atoms with Crippen LogP contribution in [0.1, 0.15) is 24.7 Å². The number of piperazine rings is 1. The van der Waals surface area contributed by atoms with Crippen molar-refractivity contribution in [2.24, 2.45) is 4.99 Å². The zero-order chi connectivity index (χ0) is 23.0. The Labute approximate surface area is 193 Å². The number of aromatic nitrogens is 2. The summed E-state index contributed by atoms with van der Waals surface area (Å²) >= 11 is 0. The van der Waals surface area contributed by atoms with Gasteiger partial charge in [0.1, 0.15) is 17.9 Å². The molecule has 2 N–H and O–H groups in total. The first-order valence-corrected chi connectivity index (χ1v) is 11.4. The average Bonchev–Trinajstić information content (AvgIpc) is 3.18. The van der Waals surface area contributed by atoms with Gasteiger partial charge >= 0.3 is 0 Å². The van der Waals surface area contributed by atoms with Crippen LogP contribution in [0.25, 0.3) is 11.0 Å². The first kappa shape index (κ1) is 22.6. The van der Waals surface area contributed by atoms with Crippen LogP contribution in [0.4, 0.5) is 5.95 Å². The summed E-state index contributed by atoms with van der Waals surface area (Å²) in [5.74, 6) is 2.39. The first-order valence-electron chi connectivity index (χ1n) is 11.4. The van der Waals surface area contributed by atoms with Crippen molar-refractivity contribution in [1.29, 1.82) is 0 Å². The summed E-state index contributed by atoms with van der Waals surface area (Å²) in [5.41, 5.74) is 1.99. The molecule has 1 fully saturated rings. The molecule has 1 aliphatic rings. The van der Waals surface area contributed by atoms with Crippen LogP contribution in [-0.2, 0) is 11.3 Å². The maximum Gasteiger partial charge on any atom is 0.225 e. The van der Waals surface area contributed by atoms with Crippen LogP contribution < -0.4 is 15.5 Å². The molecule has 174 valence electrons. The number of hydrogen-bond acceptors (Lipinski definition) is 6. The summed E-state index contributed by atoms with van der Waals surface area (Å²) in [7, 11) is 0. The Balaban J connectivity index is 1.26. The van der Waals surface area contributed by atoms with Crippen LogP contribution >= 0.6 is 0 Å². The van der Waals surface area contributed by atoms with E-state index in [-0.39, 0.29) is 5.91 Å². The van der Waals surface area contributed by atoms with E-state index in [4.69, 9.17) is 4.42 Å². The average molecular weight is 450 g/mol. The molecule has 3 heterocycles. The molecule has 9 nitrogen and oxygen atoms in total. The van der Waals surface area contributed by atoms with Gasteiger partial charge in [-0.3, -0.25) is 4.79 Å². The normalized spacial score (nSPS) is 14.5. The highest BCUT2D eigenvalue weighted by Crippen LogP contribution is 2.25. The third-order valence-corrected chi connectivity index (χ3v) is 5.77. The molecule has 1 saturated heterocycles. The Morgan fingerprint density at radius 2 is 1.85 bits per heavy atom. The van der Waals surface area contributed by atoms with Gasteiger partial charge < -0.3 is 24.9 Å². The number of guanidine groups is 1. The van der Waals surface area contributed by atoms with Gasteiger partial charge in [0.25, 0.3) is 0 Å². The van der Waals surface area contributed by atoms with Gasteiger partial charge in [0, 0.05) is 69.0 Å². The van der Waals surface area contributed by atoms with E-state index in [2.05, 4.69) is 43.5 Å². The Hall–Kier alpha value is -3.62. The number of amides is 1. The van der Waals surface area contributed by atoms with Gasteiger partial charge in [-0.1, -0.05) is 18.2 Å². The number of hydrogen-bond donors (Lipinski definition) is 2. The van der Waals surface area contributed by atoms with Crippen molar-refractivity contribution in [3.05, 3.63) is 54.0 Å². The van der Waals surface area contributed by atoms with E-state index in [1.165, 1.54) is 0 Å². The van der Waals surface area contributed by atoms with Gasteiger partial charge in [-0.25, -0.2) is 15.0 Å². The topological polar surface area (TPSA) is 98.9 Å². The summed E-state index contributed by atoms with van der Waals surface area (Å²) in [4.78, 5) is 29.9. The van der Waals surface area contributed by atoms with Crippen LogP contribution in [0.15, 0.2) is 52.1 Å². The molecule has 33 heavy (non-hydrogen) atoms. The number of rotatable bonds is 7. The van der Waals surface area contributed by atoms with Gasteiger partial charge in [0.15, 0.2) is 5.96 Å². The Kier molecular flexibility index (Phi) is 7.39. The first-order chi connectivity index (χ1) is 16.2. The van der Waals surface area contributed by atoms with E-state index < -0.39 is 0 Å². The zero-order valence-corrected chi connectivity index (χ0v) is 19.3. The van der Waals surface area contributed by atoms with Crippen molar-refractivity contribution in [2.75, 3.05) is 44.2 Å². The number of anilines is 1. The molecular formula is C24H31N7O2. The zero-order valence-electron chi connectivity index (χ0n) is 19.3. The number of nitrogens with zero attached hydrogens (tertiary/aromatic N) is 5. The third-order valence-electron chi connectivity index (χ3n) is 5.77. The van der Waals surface area contributed by atoms with Gasteiger partial charge in [-0.15, -0.1) is 0 Å². The van der Waals surface area contributed by atoms with Gasteiger partial charge in [-0.2, -0.15) is 0 Å². The second-order valence-electron chi connectivity index (χ2n) is 7.93. The number of carbonyl (C=O) groups excluding carboxylic acids is 1. The fourth-order valence-electron chi connectivity index (χ4n) is 3.92. The molecule has 9 heteroatoms. The molecular weight excluding hydrogens is 418 g/mol. The minimum Gasteiger partial charge on any atom is -0.459 e. The maximum absolute atomic E-state index is 12.7. The smallest absolute Gasteiger partial charge is 0.225 e. The summed E-state index contributed by atoms with van der Waals surface area (Å²) in [6.07, 6.45) is 3.89. The van der Waals surface area contributed by atoms with Crippen LogP contribution in [0.2, 0.25) is 0 Å². The summed E-state index contributed by atoms with van der Waals surface area (Å²) in [6, 6.07) is 9.81. The van der Waals surface area contributed by atoms with E-state index in [0.717, 1.165) is 47.9 Å². The molecule has 1 amide bonds. The van der Waals surface area contributed by atoms with Crippen LogP contribution in [0.5, 0.6) is 0 Å². The lowest BCUT2D eigenvalue weighted by Crippen LogP contribution is -2.50. The molecule has 0 aliphatic carbocycles. The molecule has 1 aliphatic heterocycles. The van der Waals surface area contributed by atoms with Gasteiger partial charge in [0.2, 0.25) is 11.9 Å². The van der Waals surface area contributed by atoms with Gasteiger partial charge in [-0.05, 0) is 26.0 Å². The standard InChI is InChI=1S/C24H31N7O2/c1-3-25-23(29-17-21-18(2)19-7-4-5-8-20(19)33-21)26-12-9-22(32)30-13-15-31(16-14-30)24-27-10-6-11-28-24/h4-8,10-11H,3,9,12-17H2,1-2H3,(H2,25,26,29). The maximum atomic E-state index is 12.7. The number of furan rings is 1. The van der Waals surface area contributed by atoms with Crippen molar-refractivity contribution in [3.63, 3.8) is 0 Å². The van der Waals surface area contributed by atoms with E-state index in [1.807, 2.05) is 30.0 Å². The molecule has 0 radical (unpaired) electrons. The molecule has 0 spiro atoms. The molecule has 0 unspecified atom stereocenters. The highest BCUT2D eigenvalue weighted by atomic mass is 16.3. The molecule has 0 bridgehead atoms. The molecule has 0 atom stereocenters. The van der Waals surface area contributed by atoms with Crippen LogP contribution in [0.3, 0.4) is 0 Å². The number of carbonyl (C=O) groups is 1. The predicted octanol–water partition coefficient (Wildman–Crippen LogP) is 2.33. The highest BCUT2D eigenvalue weighted by molar-refractivity contribution is 5.83. The van der Waals surface area contributed by atoms with Crippen molar-refractivity contribution in [1.82, 2.24) is 25.5 Å². The number of aryl methyl sites for hydroxylation is 1. The van der Waals surface area contributed by atoms with Gasteiger partial charge in [0.05, 0.1) is 0 Å². The van der Waals surface area contributed by atoms with Crippen molar-refractivity contribution >= 4 is 28.8 Å². The van der Waals surface area contributed by atoms with E-state index in [9.17, 15) is 4.79 Å². The van der Waals surface area contributed by atoms with Crippen molar-refractivity contribution in [2.45, 2.75) is 26.8 Å². The minimum absolute atomic E-state index is 0.139. The van der Waals surface area contributed by atoms with Crippen molar-refractivity contribution < 1.29 is 9.21 Å². The van der Waals surface area contributed by atoms with Crippen LogP contribution in [-0.4, -0.2) is 66.0 Å². The quantitative estimate of drug-likeness (QED) is 0.422. The Morgan fingerprint density at radius 1 is 1.09 bits per heavy atom. The summed E-state index contributed by atoms with van der Waals surface area (Å²) < 4.78 is 5.95. The van der Waals surface area contributed by atoms with Crippen LogP contribution in [0, 0.1) is 6.92 Å². The SMILES string of the molecule is CCNC(=NCc1oc2ccccc2c1C)NCCC(=O)N1CCN(c2ncccn2)CC1. The lowest BCUT2D eigenvalue weighted by molar-refractivity contribution is -0.131. The number of nitrogens with one attached hydrogen (secondary N) is 2. The Morgan fingerprint density at radius 3 is 2.58 bits per heavy atom. The van der Waals surface area contributed by atoms with E-state index >= 15 is 0 Å². The third kappa shape index (κ3) is 5.60. The molecule has 1 aromatic carbocycles. The largest absolute Gasteiger partial charge is 0.459 e. The van der Waals surface area contributed by atoms with Crippen molar-refractivity contribution in [3.8, 4) is 0 Å². The number of para-hydroxylation sites is 1. The van der Waals surface area contributed by atoms with E-state index in [0.29, 0.717) is 38.6 Å². The number of fused-ring (bicyclic) bond motifs is 1. The lowest BCUT2D eigenvalue weighted by Gasteiger charge is -2.34. The molecule has 0 saturated carbocycles. The second kappa shape index (κ2) is 10.8. The predicted molar refractivity (Wildman–Crippen MR) is 129 cm³/mol. The second-order valence-corrected chi connectivity index (χ2v) is 7.93. The fraction of sp³-hybridized carbons (Fsp3) is 0.417. The highest BCUT2D eigenvalue weighted by Gasteiger charge is 2.22. The van der Waals surface area contributed by atoms with E-state index in [1.54, 1.807) is 18.5 Å². The number of aliphatic imine (C=N–C) groups is 1. The summed E-state index contributed by atoms with van der Waals surface area (Å²) in [6.45, 7) is 8.60.